The van der Waals surface area contributed by atoms with E-state index in [9.17, 15) is 9.59 Å². The Bertz CT molecular complexity index is 1420. The zero-order valence-corrected chi connectivity index (χ0v) is 19.8. The Morgan fingerprint density at radius 3 is 2.44 bits per heavy atom. The molecule has 1 N–H and O–H groups in total. The Labute approximate surface area is 202 Å². The number of aromatic amines is 1. The number of H-pyrrole nitrogens is 1. The van der Waals surface area contributed by atoms with Crippen LogP contribution in [0.1, 0.15) is 12.0 Å². The zero-order chi connectivity index (χ0) is 23.7. The van der Waals surface area contributed by atoms with E-state index in [-0.39, 0.29) is 0 Å². The fourth-order valence-corrected chi connectivity index (χ4v) is 4.78. The van der Waals surface area contributed by atoms with Crippen molar-refractivity contribution in [1.29, 1.82) is 0 Å². The summed E-state index contributed by atoms with van der Waals surface area (Å²) in [7, 11) is 1.64. The molecule has 34 heavy (non-hydrogen) atoms. The minimum absolute atomic E-state index is 0.394. The number of hydrogen-bond acceptors (Lipinski definition) is 5. The number of nitrogens with zero attached hydrogens (tertiary/aromatic N) is 5. The summed E-state index contributed by atoms with van der Waals surface area (Å²) in [4.78, 5) is 36.7. The lowest BCUT2D eigenvalue weighted by atomic mass is 10.1. The highest BCUT2D eigenvalue weighted by atomic mass is 35.5. The molecule has 0 atom stereocenters. The summed E-state index contributed by atoms with van der Waals surface area (Å²) < 4.78 is 3.39. The average molecular weight is 479 g/mol. The van der Waals surface area contributed by atoms with Crippen molar-refractivity contribution in [3.8, 4) is 0 Å². The number of benzene rings is 2. The van der Waals surface area contributed by atoms with Crippen LogP contribution in [0.3, 0.4) is 0 Å². The first-order chi connectivity index (χ1) is 16.5. The summed E-state index contributed by atoms with van der Waals surface area (Å²) in [5.74, 6) is 0.737. The average Bonchev–Trinajstić information content (AvgIpc) is 3.24. The third-order valence-electron chi connectivity index (χ3n) is 6.41. The van der Waals surface area contributed by atoms with E-state index in [0.717, 1.165) is 55.7 Å². The standard InChI is InChI=1S/C25H27ClN6O2/c1-29-22-21(23(33)28-25(29)34)32(12-6-9-18-7-3-2-4-8-18)24(27-22)31-15-13-30(14-16-31)20-11-5-10-19(26)17-20/h2-5,7-8,10-11,17H,6,9,12-16H2,1H3,(H,28,33,34). The number of imidazole rings is 1. The molecule has 2 aromatic carbocycles. The fourth-order valence-electron chi connectivity index (χ4n) is 4.60. The lowest BCUT2D eigenvalue weighted by Gasteiger charge is -2.36. The largest absolute Gasteiger partial charge is 0.368 e. The van der Waals surface area contributed by atoms with Gasteiger partial charge in [-0.2, -0.15) is 4.98 Å². The Morgan fingerprint density at radius 2 is 1.71 bits per heavy atom. The molecule has 0 bridgehead atoms. The zero-order valence-electron chi connectivity index (χ0n) is 19.1. The molecule has 0 unspecified atom stereocenters. The van der Waals surface area contributed by atoms with Gasteiger partial charge in [0.25, 0.3) is 5.56 Å². The van der Waals surface area contributed by atoms with Crippen molar-refractivity contribution in [3.63, 3.8) is 0 Å². The van der Waals surface area contributed by atoms with Crippen molar-refractivity contribution < 1.29 is 0 Å². The second kappa shape index (κ2) is 9.38. The maximum Gasteiger partial charge on any atom is 0.329 e. The Kier molecular flexibility index (Phi) is 6.15. The van der Waals surface area contributed by atoms with Crippen LogP contribution in [0, 0.1) is 0 Å². The highest BCUT2D eigenvalue weighted by molar-refractivity contribution is 6.30. The van der Waals surface area contributed by atoms with Crippen molar-refractivity contribution in [1.82, 2.24) is 19.1 Å². The second-order valence-corrected chi connectivity index (χ2v) is 9.03. The molecular formula is C25H27ClN6O2. The molecule has 0 saturated carbocycles. The molecule has 2 aromatic heterocycles. The molecule has 1 aliphatic heterocycles. The van der Waals surface area contributed by atoms with Crippen LogP contribution in [0.5, 0.6) is 0 Å². The van der Waals surface area contributed by atoms with Gasteiger partial charge in [0, 0.05) is 50.5 Å². The minimum Gasteiger partial charge on any atom is -0.368 e. The van der Waals surface area contributed by atoms with Gasteiger partial charge < -0.3 is 14.4 Å². The van der Waals surface area contributed by atoms with Crippen molar-refractivity contribution in [2.75, 3.05) is 36.0 Å². The first-order valence-electron chi connectivity index (χ1n) is 11.5. The van der Waals surface area contributed by atoms with Crippen LogP contribution < -0.4 is 21.0 Å². The van der Waals surface area contributed by atoms with Crippen LogP contribution >= 0.6 is 11.6 Å². The predicted molar refractivity (Wildman–Crippen MR) is 136 cm³/mol. The summed E-state index contributed by atoms with van der Waals surface area (Å²) in [5, 5.41) is 0.722. The molecule has 0 aliphatic carbocycles. The topological polar surface area (TPSA) is 79.2 Å². The van der Waals surface area contributed by atoms with Gasteiger partial charge in [0.1, 0.15) is 0 Å². The first kappa shape index (κ1) is 22.3. The Balaban J connectivity index is 1.43. The van der Waals surface area contributed by atoms with Gasteiger partial charge in [-0.25, -0.2) is 4.79 Å². The van der Waals surface area contributed by atoms with Gasteiger partial charge in [0.2, 0.25) is 5.95 Å². The number of rotatable bonds is 6. The quantitative estimate of drug-likeness (QED) is 0.461. The lowest BCUT2D eigenvalue weighted by molar-refractivity contribution is 0.599. The maximum atomic E-state index is 12.8. The van der Waals surface area contributed by atoms with E-state index >= 15 is 0 Å². The molecule has 176 valence electrons. The van der Waals surface area contributed by atoms with Gasteiger partial charge in [-0.1, -0.05) is 48.0 Å². The molecule has 1 fully saturated rings. The fraction of sp³-hybridized carbons (Fsp3) is 0.320. The van der Waals surface area contributed by atoms with Crippen LogP contribution in [0.4, 0.5) is 11.6 Å². The lowest BCUT2D eigenvalue weighted by Crippen LogP contribution is -2.47. The molecule has 3 heterocycles. The van der Waals surface area contributed by atoms with Crippen molar-refractivity contribution in [3.05, 3.63) is 86.0 Å². The molecule has 1 aliphatic rings. The maximum absolute atomic E-state index is 12.8. The van der Waals surface area contributed by atoms with E-state index < -0.39 is 11.2 Å². The van der Waals surface area contributed by atoms with Gasteiger partial charge >= 0.3 is 5.69 Å². The third kappa shape index (κ3) is 4.33. The van der Waals surface area contributed by atoms with Gasteiger partial charge in [-0.3, -0.25) is 14.3 Å². The van der Waals surface area contributed by atoms with Gasteiger partial charge in [-0.05, 0) is 36.6 Å². The number of anilines is 2. The minimum atomic E-state index is -0.455. The molecule has 4 aromatic rings. The number of hydrogen-bond donors (Lipinski definition) is 1. The SMILES string of the molecule is Cn1c(=O)[nH]c(=O)c2c1nc(N1CCN(c3cccc(Cl)c3)CC1)n2CCCc1ccccc1. The van der Waals surface area contributed by atoms with Gasteiger partial charge in [0.05, 0.1) is 0 Å². The molecule has 0 amide bonds. The third-order valence-corrected chi connectivity index (χ3v) is 6.65. The van der Waals surface area contributed by atoms with E-state index in [1.165, 1.54) is 10.1 Å². The molecule has 9 heteroatoms. The summed E-state index contributed by atoms with van der Waals surface area (Å²) in [6, 6.07) is 18.2. The van der Waals surface area contributed by atoms with E-state index in [0.29, 0.717) is 17.7 Å². The number of aromatic nitrogens is 4. The highest BCUT2D eigenvalue weighted by Gasteiger charge is 2.25. The molecule has 0 spiro atoms. The van der Waals surface area contributed by atoms with Crippen molar-refractivity contribution in [2.24, 2.45) is 7.05 Å². The highest BCUT2D eigenvalue weighted by Crippen LogP contribution is 2.25. The van der Waals surface area contributed by atoms with Gasteiger partial charge in [0.15, 0.2) is 11.2 Å². The number of piperazine rings is 1. The van der Waals surface area contributed by atoms with Crippen LogP contribution in [0.25, 0.3) is 11.2 Å². The molecule has 8 nitrogen and oxygen atoms in total. The normalized spacial score (nSPS) is 14.2. The van der Waals surface area contributed by atoms with Gasteiger partial charge in [-0.15, -0.1) is 0 Å². The number of halogens is 1. The van der Waals surface area contributed by atoms with Crippen LogP contribution in [-0.4, -0.2) is 45.3 Å². The van der Waals surface area contributed by atoms with Crippen molar-refractivity contribution in [2.45, 2.75) is 19.4 Å². The molecule has 5 rings (SSSR count). The predicted octanol–water partition coefficient (Wildman–Crippen LogP) is 3.04. The number of fused-ring (bicyclic) bond motifs is 1. The van der Waals surface area contributed by atoms with Crippen LogP contribution in [0.15, 0.2) is 64.2 Å². The Morgan fingerprint density at radius 1 is 0.971 bits per heavy atom. The first-order valence-corrected chi connectivity index (χ1v) is 11.9. The van der Waals surface area contributed by atoms with E-state index in [1.54, 1.807) is 7.05 Å². The molecule has 1 saturated heterocycles. The van der Waals surface area contributed by atoms with E-state index in [4.69, 9.17) is 16.6 Å². The monoisotopic (exact) mass is 478 g/mol. The Hall–Kier alpha value is -3.52. The van der Waals surface area contributed by atoms with Crippen LogP contribution in [-0.2, 0) is 20.0 Å². The number of nitrogens with one attached hydrogen (secondary N) is 1. The smallest absolute Gasteiger partial charge is 0.329 e. The summed E-state index contributed by atoms with van der Waals surface area (Å²) >= 11 is 6.18. The van der Waals surface area contributed by atoms with Crippen LogP contribution in [0.2, 0.25) is 5.02 Å². The number of aryl methyl sites for hydroxylation is 3. The summed E-state index contributed by atoms with van der Waals surface area (Å²) in [6.45, 7) is 3.75. The molecule has 0 radical (unpaired) electrons. The summed E-state index contributed by atoms with van der Waals surface area (Å²) in [5.41, 5.74) is 2.37. The van der Waals surface area contributed by atoms with E-state index in [2.05, 4.69) is 33.0 Å². The summed E-state index contributed by atoms with van der Waals surface area (Å²) in [6.07, 6.45) is 1.75. The van der Waals surface area contributed by atoms with Crippen molar-refractivity contribution >= 4 is 34.4 Å². The molecular weight excluding hydrogens is 452 g/mol. The second-order valence-electron chi connectivity index (χ2n) is 8.60. The van der Waals surface area contributed by atoms with E-state index in [1.807, 2.05) is 41.0 Å².